The molecule has 0 spiro atoms. The Labute approximate surface area is 46.4 Å². The first-order valence-electron chi connectivity index (χ1n) is 2.14. The Hall–Kier alpha value is -0.450. The molecule has 3 N–H and O–H groups in total. The van der Waals surface area contributed by atoms with Crippen molar-refractivity contribution in [2.24, 2.45) is 0 Å². The second-order valence-electron chi connectivity index (χ2n) is 1.38. The fraction of sp³-hybridized carbons (Fsp3) is 0.750. The molecule has 48 valence electrons. The van der Waals surface area contributed by atoms with Crippen molar-refractivity contribution in [1.82, 2.24) is 0 Å². The highest BCUT2D eigenvalue weighted by molar-refractivity contribution is 5.56. The van der Waals surface area contributed by atoms with E-state index in [1.54, 1.807) is 0 Å². The molecule has 0 aromatic rings. The average Bonchev–Trinajstić information content (AvgIpc) is 1.84. The van der Waals surface area contributed by atoms with Gasteiger partial charge in [-0.2, -0.15) is 0 Å². The zero-order valence-corrected chi connectivity index (χ0v) is 4.19. The normalized spacial score (nSPS) is 17.4. The standard InChI is InChI=1S/C4H8O4/c5-1-3(7)4(8)2-6/h1,3-4,6-8H,2H2/t3-,4+/m0/s1/i1+1. The van der Waals surface area contributed by atoms with E-state index in [1.165, 1.54) is 0 Å². The summed E-state index contributed by atoms with van der Waals surface area (Å²) < 4.78 is 0. The molecule has 0 aliphatic carbocycles. The molecule has 0 unspecified atom stereocenters. The third kappa shape index (κ3) is 2.02. The Morgan fingerprint density at radius 1 is 1.50 bits per heavy atom. The first-order valence-corrected chi connectivity index (χ1v) is 2.14. The summed E-state index contributed by atoms with van der Waals surface area (Å²) in [5.74, 6) is 0. The van der Waals surface area contributed by atoms with Gasteiger partial charge < -0.3 is 20.1 Å². The predicted molar refractivity (Wildman–Crippen MR) is 25.2 cm³/mol. The molecule has 0 aromatic heterocycles. The monoisotopic (exact) mass is 121 g/mol. The fourth-order valence-corrected chi connectivity index (χ4v) is 0.199. The maximum Gasteiger partial charge on any atom is 0.151 e. The van der Waals surface area contributed by atoms with Crippen LogP contribution in [0.3, 0.4) is 0 Å². The average molecular weight is 121 g/mol. The number of rotatable bonds is 3. The predicted octanol–water partition coefficient (Wildman–Crippen LogP) is -2.10. The Morgan fingerprint density at radius 2 is 2.00 bits per heavy atom. The van der Waals surface area contributed by atoms with Gasteiger partial charge in [-0.25, -0.2) is 0 Å². The van der Waals surface area contributed by atoms with Crippen LogP contribution < -0.4 is 0 Å². The maximum atomic E-state index is 9.58. The second kappa shape index (κ2) is 3.54. The van der Waals surface area contributed by atoms with Crippen molar-refractivity contribution in [3.8, 4) is 0 Å². The second-order valence-corrected chi connectivity index (χ2v) is 1.38. The Balaban J connectivity index is 3.44. The van der Waals surface area contributed by atoms with Crippen LogP contribution in [0.25, 0.3) is 0 Å². The van der Waals surface area contributed by atoms with Crippen LogP contribution in [0.1, 0.15) is 0 Å². The number of aliphatic hydroxyl groups is 3. The van der Waals surface area contributed by atoms with Gasteiger partial charge in [0.05, 0.1) is 6.61 Å². The van der Waals surface area contributed by atoms with E-state index in [4.69, 9.17) is 15.3 Å². The van der Waals surface area contributed by atoms with Crippen LogP contribution in [-0.2, 0) is 4.79 Å². The Bertz CT molecular complexity index is 72.4. The third-order valence-corrected chi connectivity index (χ3v) is 0.721. The molecule has 0 fully saturated rings. The number of carbonyl (C=O) groups excluding carboxylic acids is 1. The van der Waals surface area contributed by atoms with Crippen LogP contribution in [0.15, 0.2) is 0 Å². The number of carbonyl (C=O) groups is 1. The first kappa shape index (κ1) is 7.55. The minimum Gasteiger partial charge on any atom is -0.394 e. The van der Waals surface area contributed by atoms with Gasteiger partial charge in [-0.3, -0.25) is 0 Å². The number of hydrogen-bond donors (Lipinski definition) is 3. The smallest absolute Gasteiger partial charge is 0.151 e. The maximum absolute atomic E-state index is 9.58. The largest absolute Gasteiger partial charge is 0.394 e. The molecule has 8 heavy (non-hydrogen) atoms. The van der Waals surface area contributed by atoms with E-state index in [0.717, 1.165) is 0 Å². The molecule has 4 nitrogen and oxygen atoms in total. The molecule has 0 aliphatic rings. The molecular weight excluding hydrogens is 113 g/mol. The van der Waals surface area contributed by atoms with Crippen molar-refractivity contribution in [2.75, 3.05) is 6.61 Å². The van der Waals surface area contributed by atoms with E-state index >= 15 is 0 Å². The SMILES string of the molecule is O=[13CH][C@H](O)[C@H](O)CO. The lowest BCUT2D eigenvalue weighted by Crippen LogP contribution is -2.30. The summed E-state index contributed by atoms with van der Waals surface area (Å²) in [5, 5.41) is 24.8. The van der Waals surface area contributed by atoms with Gasteiger partial charge in [0.1, 0.15) is 12.2 Å². The minimum absolute atomic E-state index is 0.168. The van der Waals surface area contributed by atoms with Gasteiger partial charge in [0, 0.05) is 0 Å². The van der Waals surface area contributed by atoms with Gasteiger partial charge >= 0.3 is 0 Å². The molecule has 0 saturated carbocycles. The molecule has 4 heteroatoms. The molecule has 0 aliphatic heterocycles. The Morgan fingerprint density at radius 3 is 2.12 bits per heavy atom. The molecule has 0 heterocycles. The number of aliphatic hydroxyl groups excluding tert-OH is 3. The lowest BCUT2D eigenvalue weighted by atomic mass is 10.3. The number of hydrogen-bond acceptors (Lipinski definition) is 4. The topological polar surface area (TPSA) is 77.8 Å². The van der Waals surface area contributed by atoms with E-state index in [1.807, 2.05) is 0 Å². The minimum atomic E-state index is -1.46. The summed E-state index contributed by atoms with van der Waals surface area (Å²) in [4.78, 5) is 9.58. The molecule has 0 amide bonds. The van der Waals surface area contributed by atoms with Crippen molar-refractivity contribution < 1.29 is 20.1 Å². The fourth-order valence-electron chi connectivity index (χ4n) is 0.199. The van der Waals surface area contributed by atoms with Crippen LogP contribution in [0.5, 0.6) is 0 Å². The van der Waals surface area contributed by atoms with Gasteiger partial charge in [-0.15, -0.1) is 0 Å². The number of aldehydes is 1. The summed E-state index contributed by atoms with van der Waals surface area (Å²) in [6.45, 7) is -0.597. The molecule has 0 rings (SSSR count). The molecule has 2 atom stereocenters. The summed E-state index contributed by atoms with van der Waals surface area (Å²) in [6, 6.07) is 0. The van der Waals surface area contributed by atoms with Crippen molar-refractivity contribution in [3.63, 3.8) is 0 Å². The van der Waals surface area contributed by atoms with Crippen molar-refractivity contribution in [1.29, 1.82) is 0 Å². The zero-order chi connectivity index (χ0) is 6.57. The summed E-state index contributed by atoms with van der Waals surface area (Å²) in [6.07, 6.45) is -2.63. The highest BCUT2D eigenvalue weighted by Gasteiger charge is 2.12. The van der Waals surface area contributed by atoms with Crippen molar-refractivity contribution in [2.45, 2.75) is 12.2 Å². The van der Waals surface area contributed by atoms with Gasteiger partial charge in [0.2, 0.25) is 0 Å². The van der Waals surface area contributed by atoms with E-state index in [0.29, 0.717) is 0 Å². The van der Waals surface area contributed by atoms with E-state index in [9.17, 15) is 4.79 Å². The third-order valence-electron chi connectivity index (χ3n) is 0.721. The molecule has 0 aromatic carbocycles. The van der Waals surface area contributed by atoms with Crippen LogP contribution in [0.2, 0.25) is 0 Å². The van der Waals surface area contributed by atoms with Crippen molar-refractivity contribution >= 4 is 6.29 Å². The van der Waals surface area contributed by atoms with Crippen LogP contribution in [0, 0.1) is 0 Å². The summed E-state index contributed by atoms with van der Waals surface area (Å²) in [5.41, 5.74) is 0. The highest BCUT2D eigenvalue weighted by atomic mass is 16.4. The summed E-state index contributed by atoms with van der Waals surface area (Å²) in [7, 11) is 0. The van der Waals surface area contributed by atoms with E-state index in [2.05, 4.69) is 0 Å². The lowest BCUT2D eigenvalue weighted by Gasteiger charge is -2.06. The van der Waals surface area contributed by atoms with Gasteiger partial charge in [-0.1, -0.05) is 0 Å². The van der Waals surface area contributed by atoms with Crippen LogP contribution in [-0.4, -0.2) is 40.4 Å². The molecule has 0 saturated heterocycles. The quantitative estimate of drug-likeness (QED) is 0.295. The van der Waals surface area contributed by atoms with Crippen molar-refractivity contribution in [3.05, 3.63) is 0 Å². The lowest BCUT2D eigenvalue weighted by molar-refractivity contribution is -0.121. The first-order chi connectivity index (χ1) is 3.72. The molecule has 0 bridgehead atoms. The molecule has 0 radical (unpaired) electrons. The zero-order valence-electron chi connectivity index (χ0n) is 4.19. The van der Waals surface area contributed by atoms with Crippen LogP contribution in [0.4, 0.5) is 0 Å². The van der Waals surface area contributed by atoms with Gasteiger partial charge in [0.25, 0.3) is 0 Å². The van der Waals surface area contributed by atoms with Gasteiger partial charge in [-0.05, 0) is 0 Å². The van der Waals surface area contributed by atoms with Crippen LogP contribution >= 0.6 is 0 Å². The Kier molecular flexibility index (Phi) is 3.34. The highest BCUT2D eigenvalue weighted by Crippen LogP contribution is 1.85. The van der Waals surface area contributed by atoms with E-state index < -0.39 is 18.8 Å². The van der Waals surface area contributed by atoms with E-state index in [-0.39, 0.29) is 6.29 Å². The summed E-state index contributed by atoms with van der Waals surface area (Å²) >= 11 is 0. The van der Waals surface area contributed by atoms with Gasteiger partial charge in [0.15, 0.2) is 6.29 Å². The molecular formula is C4H8O4.